The molecule has 0 unspecified atom stereocenters. The van der Waals surface area contributed by atoms with Gasteiger partial charge < -0.3 is 4.90 Å². The van der Waals surface area contributed by atoms with Crippen LogP contribution in [0.5, 0.6) is 0 Å². The molecular weight excluding hydrogens is 489 g/mol. The molecule has 5 heterocycles. The lowest BCUT2D eigenvalue weighted by molar-refractivity contribution is -0.137. The monoisotopic (exact) mass is 511 g/mol. The van der Waals surface area contributed by atoms with Crippen LogP contribution in [0, 0.1) is 5.41 Å². The second-order valence-electron chi connectivity index (χ2n) is 9.28. The molecule has 0 aliphatic carbocycles. The molecule has 2 aliphatic rings. The largest absolute Gasteiger partial charge is 0.416 e. The predicted octanol–water partition coefficient (Wildman–Crippen LogP) is 2.83. The molecule has 0 aromatic carbocycles. The molecule has 0 radical (unpaired) electrons. The van der Waals surface area contributed by atoms with Gasteiger partial charge in [0.25, 0.3) is 12.0 Å². The van der Waals surface area contributed by atoms with Crippen molar-refractivity contribution in [2.75, 3.05) is 29.4 Å². The van der Waals surface area contributed by atoms with Crippen LogP contribution in [0.25, 0.3) is 11.0 Å². The lowest BCUT2D eigenvalue weighted by Crippen LogP contribution is -2.44. The van der Waals surface area contributed by atoms with Gasteiger partial charge in [-0.2, -0.15) is 23.3 Å². The lowest BCUT2D eigenvalue weighted by atomic mass is 9.77. The van der Waals surface area contributed by atoms with Crippen LogP contribution in [0.3, 0.4) is 0 Å². The van der Waals surface area contributed by atoms with Crippen LogP contribution in [0.2, 0.25) is 0 Å². The Morgan fingerprint density at radius 2 is 1.89 bits per heavy atom. The number of pyridine rings is 1. The topological polar surface area (TPSA) is 89.2 Å². The summed E-state index contributed by atoms with van der Waals surface area (Å²) in [5.74, 6) is -0.0202. The number of fused-ring (bicyclic) bond motifs is 1. The Labute approximate surface area is 201 Å². The third kappa shape index (κ3) is 4.17. The van der Waals surface area contributed by atoms with Crippen molar-refractivity contribution in [1.29, 1.82) is 0 Å². The normalized spacial score (nSPS) is 18.2. The molecule has 5 rings (SSSR count). The molecule has 0 atom stereocenters. The van der Waals surface area contributed by atoms with Gasteiger partial charge in [-0.3, -0.25) is 19.1 Å². The molecule has 0 N–H and O–H groups in total. The van der Waals surface area contributed by atoms with Gasteiger partial charge in [0.2, 0.25) is 11.9 Å². The third-order valence-electron chi connectivity index (χ3n) is 6.94. The van der Waals surface area contributed by atoms with Crippen LogP contribution in [0.4, 0.5) is 33.7 Å². The second-order valence-corrected chi connectivity index (χ2v) is 9.28. The first-order chi connectivity index (χ1) is 17.0. The van der Waals surface area contributed by atoms with Gasteiger partial charge in [0.1, 0.15) is 17.7 Å². The number of carbonyl (C=O) groups is 1. The molecule has 1 amide bonds. The van der Waals surface area contributed by atoms with Crippen LogP contribution < -0.4 is 15.4 Å². The molecule has 192 valence electrons. The first kappa shape index (κ1) is 24.1. The predicted molar refractivity (Wildman–Crippen MR) is 119 cm³/mol. The molecule has 9 nitrogen and oxygen atoms in total. The number of rotatable bonds is 4. The van der Waals surface area contributed by atoms with Crippen molar-refractivity contribution in [3.05, 3.63) is 40.4 Å². The van der Waals surface area contributed by atoms with E-state index in [9.17, 15) is 31.5 Å². The number of aromatic nitrogens is 5. The summed E-state index contributed by atoms with van der Waals surface area (Å²) in [5.41, 5.74) is -1.66. The van der Waals surface area contributed by atoms with Gasteiger partial charge in [-0.25, -0.2) is 18.4 Å². The number of hydrogen-bond donors (Lipinski definition) is 0. The van der Waals surface area contributed by atoms with Crippen molar-refractivity contribution < 1.29 is 26.7 Å². The van der Waals surface area contributed by atoms with Crippen LogP contribution in [-0.2, 0) is 24.6 Å². The maximum atomic E-state index is 13.1. The number of carbonyl (C=O) groups excluding carboxylic acids is 1. The van der Waals surface area contributed by atoms with E-state index in [0.717, 1.165) is 23.0 Å². The van der Waals surface area contributed by atoms with Gasteiger partial charge in [-0.1, -0.05) is 0 Å². The van der Waals surface area contributed by atoms with Crippen LogP contribution in [0.1, 0.15) is 24.8 Å². The van der Waals surface area contributed by atoms with Crippen LogP contribution in [-0.4, -0.2) is 56.3 Å². The van der Waals surface area contributed by atoms with Crippen molar-refractivity contribution in [2.45, 2.75) is 38.4 Å². The van der Waals surface area contributed by atoms with Crippen molar-refractivity contribution in [3.8, 4) is 0 Å². The zero-order valence-corrected chi connectivity index (χ0v) is 19.2. The second kappa shape index (κ2) is 8.52. The summed E-state index contributed by atoms with van der Waals surface area (Å²) >= 11 is 0. The Hall–Kier alpha value is -3.58. The van der Waals surface area contributed by atoms with Crippen molar-refractivity contribution in [1.82, 2.24) is 24.3 Å². The van der Waals surface area contributed by atoms with Gasteiger partial charge in [0.05, 0.1) is 11.8 Å². The molecule has 0 saturated carbocycles. The fourth-order valence-electron chi connectivity index (χ4n) is 5.00. The molecule has 1 spiro atoms. The van der Waals surface area contributed by atoms with Crippen molar-refractivity contribution >= 4 is 28.7 Å². The van der Waals surface area contributed by atoms with E-state index < -0.39 is 35.7 Å². The lowest BCUT2D eigenvalue weighted by Gasteiger charge is -2.39. The number of nitrogens with zero attached hydrogens (tertiary/aromatic N) is 7. The summed E-state index contributed by atoms with van der Waals surface area (Å²) in [5, 5.41) is 4.01. The van der Waals surface area contributed by atoms with E-state index in [0.29, 0.717) is 31.9 Å². The summed E-state index contributed by atoms with van der Waals surface area (Å²) in [7, 11) is 1.54. The fourth-order valence-corrected chi connectivity index (χ4v) is 5.00. The third-order valence-corrected chi connectivity index (χ3v) is 6.94. The SMILES string of the molecule is Cn1c(N2CCC3(CC2)CC(=O)N(c2cc(C(F)(F)F)ccn2)C3)nc2c(cnn2CC(F)F)c1=O. The number of hydrogen-bond acceptors (Lipinski definition) is 6. The zero-order chi connectivity index (χ0) is 25.8. The first-order valence-electron chi connectivity index (χ1n) is 11.3. The fraction of sp³-hybridized carbons (Fsp3) is 0.500. The number of piperidine rings is 1. The van der Waals surface area contributed by atoms with E-state index in [1.54, 1.807) is 7.05 Å². The number of alkyl halides is 5. The average Bonchev–Trinajstić information content (AvgIpc) is 3.36. The molecule has 2 aliphatic heterocycles. The van der Waals surface area contributed by atoms with Gasteiger partial charge in [0, 0.05) is 44.7 Å². The first-order valence-corrected chi connectivity index (χ1v) is 11.3. The quantitative estimate of drug-likeness (QED) is 0.501. The Morgan fingerprint density at radius 3 is 2.56 bits per heavy atom. The van der Waals surface area contributed by atoms with E-state index in [1.807, 2.05) is 4.90 Å². The van der Waals surface area contributed by atoms with Crippen molar-refractivity contribution in [2.24, 2.45) is 12.5 Å². The van der Waals surface area contributed by atoms with E-state index in [1.165, 1.54) is 15.7 Å². The molecule has 2 fully saturated rings. The van der Waals surface area contributed by atoms with E-state index >= 15 is 0 Å². The minimum atomic E-state index is -4.54. The Kier molecular flexibility index (Phi) is 5.71. The minimum Gasteiger partial charge on any atom is -0.342 e. The standard InChI is InChI=1S/C22H22F5N7O2/c1-31-19(36)14-10-29-34(11-15(23)24)18(14)30-20(31)32-6-3-21(4-7-32)9-17(35)33(12-21)16-8-13(2-5-28-16)22(25,26)27/h2,5,8,10,15H,3-4,6-7,9,11-12H2,1H3. The molecule has 36 heavy (non-hydrogen) atoms. The van der Waals surface area contributed by atoms with E-state index in [4.69, 9.17) is 0 Å². The molecule has 0 bridgehead atoms. The van der Waals surface area contributed by atoms with Gasteiger partial charge >= 0.3 is 6.18 Å². The molecule has 14 heteroatoms. The van der Waals surface area contributed by atoms with Gasteiger partial charge in [-0.15, -0.1) is 0 Å². The molecule has 2 saturated heterocycles. The van der Waals surface area contributed by atoms with Crippen molar-refractivity contribution in [3.63, 3.8) is 0 Å². The number of amides is 1. The van der Waals surface area contributed by atoms with E-state index in [2.05, 4.69) is 15.1 Å². The Bertz CT molecular complexity index is 1380. The summed E-state index contributed by atoms with van der Waals surface area (Å²) in [6, 6.07) is 1.74. The highest BCUT2D eigenvalue weighted by Gasteiger charge is 2.46. The minimum absolute atomic E-state index is 0.0315. The Morgan fingerprint density at radius 1 is 1.17 bits per heavy atom. The molecular formula is C22H22F5N7O2. The Balaban J connectivity index is 1.36. The molecule has 3 aromatic rings. The summed E-state index contributed by atoms with van der Waals surface area (Å²) < 4.78 is 67.6. The number of anilines is 2. The summed E-state index contributed by atoms with van der Waals surface area (Å²) in [6.07, 6.45) is -3.71. The van der Waals surface area contributed by atoms with E-state index in [-0.39, 0.29) is 35.7 Å². The highest BCUT2D eigenvalue weighted by molar-refractivity contribution is 5.95. The average molecular weight is 511 g/mol. The van der Waals surface area contributed by atoms with Crippen LogP contribution >= 0.6 is 0 Å². The number of halogens is 5. The van der Waals surface area contributed by atoms with Gasteiger partial charge in [-0.05, 0) is 25.0 Å². The smallest absolute Gasteiger partial charge is 0.342 e. The molecule has 3 aromatic heterocycles. The summed E-state index contributed by atoms with van der Waals surface area (Å²) in [4.78, 5) is 37.2. The van der Waals surface area contributed by atoms with Crippen LogP contribution in [0.15, 0.2) is 29.3 Å². The zero-order valence-electron chi connectivity index (χ0n) is 19.2. The van der Waals surface area contributed by atoms with Gasteiger partial charge in [0.15, 0.2) is 5.65 Å². The highest BCUT2D eigenvalue weighted by Crippen LogP contribution is 2.43. The highest BCUT2D eigenvalue weighted by atomic mass is 19.4. The summed E-state index contributed by atoms with van der Waals surface area (Å²) in [6.45, 7) is 0.395. The maximum absolute atomic E-state index is 13.1. The maximum Gasteiger partial charge on any atom is 0.416 e.